The summed E-state index contributed by atoms with van der Waals surface area (Å²) in [4.78, 5) is 0. The molecule has 0 fully saturated rings. The average molecular weight is 432 g/mol. The van der Waals surface area contributed by atoms with Gasteiger partial charge in [-0.2, -0.15) is 0 Å². The number of hydrogen-bond donors (Lipinski definition) is 0. The van der Waals surface area contributed by atoms with Gasteiger partial charge in [-0.25, -0.2) is 0 Å². The summed E-state index contributed by atoms with van der Waals surface area (Å²) < 4.78 is 8.17. The Morgan fingerprint density at radius 1 is 1.17 bits per heavy atom. The highest BCUT2D eigenvalue weighted by atomic mass is 79.9. The van der Waals surface area contributed by atoms with Crippen molar-refractivity contribution in [1.82, 2.24) is 0 Å². The standard InChI is InChI=1S/C20H35BrOSSi/c1-7-20(8-2,22-24(9-3,10-4)11-5)14-12-13-17(6)18-15-19(21)23-16-18/h13,15-16H,7-12,14H2,1-6H3/b17-13-. The van der Waals surface area contributed by atoms with Crippen molar-refractivity contribution in [2.24, 2.45) is 0 Å². The molecule has 0 aliphatic heterocycles. The van der Waals surface area contributed by atoms with E-state index in [0.29, 0.717) is 0 Å². The SMILES string of the molecule is CCC(CC)(CC/C=C(/C)c1csc(Br)c1)O[Si](CC)(CC)CC. The maximum Gasteiger partial charge on any atom is 0.192 e. The molecule has 0 N–H and O–H groups in total. The van der Waals surface area contributed by atoms with Gasteiger partial charge in [0.2, 0.25) is 0 Å². The maximum atomic E-state index is 6.97. The lowest BCUT2D eigenvalue weighted by atomic mass is 9.91. The summed E-state index contributed by atoms with van der Waals surface area (Å²) in [5, 5.41) is 2.22. The van der Waals surface area contributed by atoms with Crippen LogP contribution in [0.4, 0.5) is 0 Å². The lowest BCUT2D eigenvalue weighted by molar-refractivity contribution is 0.0397. The second-order valence-electron chi connectivity index (χ2n) is 6.80. The second kappa shape index (κ2) is 10.3. The minimum atomic E-state index is -1.56. The van der Waals surface area contributed by atoms with Crippen molar-refractivity contribution in [1.29, 1.82) is 0 Å². The van der Waals surface area contributed by atoms with E-state index >= 15 is 0 Å². The van der Waals surface area contributed by atoms with Crippen molar-refractivity contribution >= 4 is 41.2 Å². The van der Waals surface area contributed by atoms with Crippen LogP contribution in [0.2, 0.25) is 18.1 Å². The first-order chi connectivity index (χ1) is 11.4. The number of halogens is 1. The molecule has 0 atom stereocenters. The van der Waals surface area contributed by atoms with Gasteiger partial charge in [-0.05, 0) is 89.3 Å². The van der Waals surface area contributed by atoms with Gasteiger partial charge in [0.05, 0.1) is 9.39 Å². The van der Waals surface area contributed by atoms with Crippen LogP contribution in [-0.4, -0.2) is 13.9 Å². The first-order valence-electron chi connectivity index (χ1n) is 9.51. The molecule has 1 aromatic rings. The van der Waals surface area contributed by atoms with Crippen LogP contribution in [0.5, 0.6) is 0 Å². The van der Waals surface area contributed by atoms with E-state index < -0.39 is 8.32 Å². The van der Waals surface area contributed by atoms with E-state index in [-0.39, 0.29) is 5.60 Å². The molecule has 0 unspecified atom stereocenters. The fourth-order valence-corrected chi connectivity index (χ4v) is 7.87. The summed E-state index contributed by atoms with van der Waals surface area (Å²) in [6, 6.07) is 5.92. The minimum Gasteiger partial charge on any atom is -0.411 e. The highest BCUT2D eigenvalue weighted by Crippen LogP contribution is 2.35. The van der Waals surface area contributed by atoms with Gasteiger partial charge in [-0.15, -0.1) is 11.3 Å². The van der Waals surface area contributed by atoms with Gasteiger partial charge in [0.25, 0.3) is 0 Å². The molecule has 24 heavy (non-hydrogen) atoms. The molecule has 0 amide bonds. The molecule has 1 aromatic heterocycles. The van der Waals surface area contributed by atoms with Crippen LogP contribution in [0.25, 0.3) is 5.57 Å². The Labute approximate surface area is 163 Å². The lowest BCUT2D eigenvalue weighted by Gasteiger charge is -2.42. The molecule has 0 bridgehead atoms. The van der Waals surface area contributed by atoms with E-state index in [1.165, 1.54) is 33.1 Å². The van der Waals surface area contributed by atoms with Gasteiger partial charge in [0, 0.05) is 0 Å². The molecule has 0 radical (unpaired) electrons. The van der Waals surface area contributed by atoms with E-state index in [0.717, 1.165) is 25.7 Å². The van der Waals surface area contributed by atoms with Gasteiger partial charge < -0.3 is 4.43 Å². The van der Waals surface area contributed by atoms with Crippen molar-refractivity contribution in [3.05, 3.63) is 26.9 Å². The summed E-state index contributed by atoms with van der Waals surface area (Å²) in [5.74, 6) is 0. The first kappa shape index (κ1) is 22.1. The number of hydrogen-bond acceptors (Lipinski definition) is 2. The van der Waals surface area contributed by atoms with E-state index in [2.05, 4.69) is 75.0 Å². The molecule has 0 aromatic carbocycles. The predicted octanol–water partition coefficient (Wildman–Crippen LogP) is 8.27. The Kier molecular flexibility index (Phi) is 9.50. The maximum absolute atomic E-state index is 6.97. The highest BCUT2D eigenvalue weighted by molar-refractivity contribution is 9.11. The van der Waals surface area contributed by atoms with Gasteiger partial charge >= 0.3 is 0 Å². The molecular formula is C20H35BrOSSi. The van der Waals surface area contributed by atoms with Crippen molar-refractivity contribution < 1.29 is 4.43 Å². The summed E-state index contributed by atoms with van der Waals surface area (Å²) in [7, 11) is -1.56. The van der Waals surface area contributed by atoms with Crippen LogP contribution in [0, 0.1) is 0 Å². The summed E-state index contributed by atoms with van der Waals surface area (Å²) in [6.07, 6.45) is 6.87. The normalized spacial score (nSPS) is 13.5. The number of allylic oxidation sites excluding steroid dienone is 2. The van der Waals surface area contributed by atoms with Gasteiger partial charge in [-0.3, -0.25) is 0 Å². The zero-order valence-electron chi connectivity index (χ0n) is 16.4. The highest BCUT2D eigenvalue weighted by Gasteiger charge is 2.38. The van der Waals surface area contributed by atoms with Crippen LogP contribution < -0.4 is 0 Å². The fraction of sp³-hybridized carbons (Fsp3) is 0.700. The Balaban J connectivity index is 2.81. The van der Waals surface area contributed by atoms with Crippen LogP contribution >= 0.6 is 27.3 Å². The molecule has 4 heteroatoms. The van der Waals surface area contributed by atoms with Crippen LogP contribution in [0.1, 0.15) is 72.8 Å². The molecule has 138 valence electrons. The summed E-state index contributed by atoms with van der Waals surface area (Å²) in [6.45, 7) is 13.8. The Bertz CT molecular complexity index is 507. The van der Waals surface area contributed by atoms with Gasteiger partial charge in [0.1, 0.15) is 0 Å². The lowest BCUT2D eigenvalue weighted by Crippen LogP contribution is -2.46. The van der Waals surface area contributed by atoms with E-state index in [1.807, 2.05) is 0 Å². The fourth-order valence-electron chi connectivity index (χ4n) is 3.41. The summed E-state index contributed by atoms with van der Waals surface area (Å²) in [5.41, 5.74) is 2.79. The topological polar surface area (TPSA) is 9.23 Å². The second-order valence-corrected chi connectivity index (χ2v) is 13.8. The van der Waals surface area contributed by atoms with Crippen molar-refractivity contribution in [3.8, 4) is 0 Å². The zero-order valence-corrected chi connectivity index (χ0v) is 19.8. The third-order valence-corrected chi connectivity index (χ3v) is 12.0. The number of rotatable bonds is 11. The molecule has 0 spiro atoms. The quantitative estimate of drug-likeness (QED) is 0.320. The van der Waals surface area contributed by atoms with Crippen molar-refractivity contribution in [2.45, 2.75) is 91.0 Å². The van der Waals surface area contributed by atoms with Crippen LogP contribution in [0.15, 0.2) is 21.3 Å². The zero-order chi connectivity index (χ0) is 18.2. The molecule has 1 heterocycles. The Hall–Kier alpha value is 0.0969. The average Bonchev–Trinajstić information content (AvgIpc) is 3.05. The Morgan fingerprint density at radius 2 is 1.75 bits per heavy atom. The van der Waals surface area contributed by atoms with Crippen molar-refractivity contribution in [2.75, 3.05) is 0 Å². The van der Waals surface area contributed by atoms with Crippen LogP contribution in [0.3, 0.4) is 0 Å². The van der Waals surface area contributed by atoms with Crippen LogP contribution in [-0.2, 0) is 4.43 Å². The molecule has 0 saturated heterocycles. The molecular weight excluding hydrogens is 396 g/mol. The minimum absolute atomic E-state index is 0.0697. The smallest absolute Gasteiger partial charge is 0.192 e. The molecule has 1 rings (SSSR count). The van der Waals surface area contributed by atoms with E-state index in [1.54, 1.807) is 11.3 Å². The number of thiophene rings is 1. The third kappa shape index (κ3) is 5.82. The Morgan fingerprint density at radius 3 is 2.17 bits per heavy atom. The molecule has 1 nitrogen and oxygen atoms in total. The largest absolute Gasteiger partial charge is 0.411 e. The van der Waals surface area contributed by atoms with E-state index in [9.17, 15) is 0 Å². The van der Waals surface area contributed by atoms with E-state index in [4.69, 9.17) is 4.43 Å². The molecule has 0 saturated carbocycles. The molecule has 0 aliphatic carbocycles. The van der Waals surface area contributed by atoms with Gasteiger partial charge in [-0.1, -0.05) is 40.7 Å². The summed E-state index contributed by atoms with van der Waals surface area (Å²) >= 11 is 5.31. The van der Waals surface area contributed by atoms with Gasteiger partial charge in [0.15, 0.2) is 8.32 Å². The monoisotopic (exact) mass is 430 g/mol. The third-order valence-electron chi connectivity index (χ3n) is 5.73. The molecule has 0 aliphatic rings. The predicted molar refractivity (Wildman–Crippen MR) is 116 cm³/mol. The first-order valence-corrected chi connectivity index (χ1v) is 13.7. The van der Waals surface area contributed by atoms with Crippen molar-refractivity contribution in [3.63, 3.8) is 0 Å².